The first-order chi connectivity index (χ1) is 9.04. The third-order valence-corrected chi connectivity index (χ3v) is 2.74. The van der Waals surface area contributed by atoms with E-state index in [1.54, 1.807) is 0 Å². The maximum Gasteiger partial charge on any atom is 0.433 e. The van der Waals surface area contributed by atoms with Crippen molar-refractivity contribution in [3.05, 3.63) is 28.0 Å². The van der Waals surface area contributed by atoms with Crippen molar-refractivity contribution in [3.63, 3.8) is 0 Å². The molecule has 0 radical (unpaired) electrons. The Bertz CT molecular complexity index is 472. The molecule has 0 fully saturated rings. The van der Waals surface area contributed by atoms with Gasteiger partial charge in [0.1, 0.15) is 4.92 Å². The predicted octanol–water partition coefficient (Wildman–Crippen LogP) is 2.13. The van der Waals surface area contributed by atoms with Crippen LogP contribution < -0.4 is 5.43 Å². The van der Waals surface area contributed by atoms with Crippen LogP contribution in [0.1, 0.15) is 25.5 Å². The zero-order chi connectivity index (χ0) is 14.3. The molecule has 1 heterocycles. The highest BCUT2D eigenvalue weighted by molar-refractivity contribution is 7.80. The van der Waals surface area contributed by atoms with E-state index in [0.29, 0.717) is 10.9 Å². The highest BCUT2D eigenvalue weighted by atomic mass is 32.1. The summed E-state index contributed by atoms with van der Waals surface area (Å²) in [6, 6.07) is 2.74. The number of nitrogens with one attached hydrogen (secondary N) is 1. The second-order valence-electron chi connectivity index (χ2n) is 3.88. The van der Waals surface area contributed by atoms with Crippen LogP contribution in [0.5, 0.6) is 0 Å². The van der Waals surface area contributed by atoms with Crippen LogP contribution >= 0.6 is 12.2 Å². The molecule has 0 unspecified atom stereocenters. The van der Waals surface area contributed by atoms with Gasteiger partial charge >= 0.3 is 5.88 Å². The van der Waals surface area contributed by atoms with E-state index in [-0.39, 0.29) is 5.88 Å². The van der Waals surface area contributed by atoms with Crippen molar-refractivity contribution in [1.29, 1.82) is 0 Å². The number of hydrogen-bond acceptors (Lipinski definition) is 5. The summed E-state index contributed by atoms with van der Waals surface area (Å²) in [5.41, 5.74) is 2.68. The number of hydrogen-bond donors (Lipinski definition) is 1. The normalized spacial score (nSPS) is 10.6. The molecule has 0 aliphatic heterocycles. The molecule has 0 saturated heterocycles. The molecule has 1 aromatic heterocycles. The van der Waals surface area contributed by atoms with Crippen molar-refractivity contribution in [3.8, 4) is 0 Å². The maximum absolute atomic E-state index is 10.4. The van der Waals surface area contributed by atoms with Crippen LogP contribution in [0.25, 0.3) is 0 Å². The molecule has 0 aliphatic rings. The molecule has 0 saturated carbocycles. The Morgan fingerprint density at radius 1 is 1.68 bits per heavy atom. The molecule has 104 valence electrons. The van der Waals surface area contributed by atoms with Gasteiger partial charge < -0.3 is 9.32 Å². The molecule has 0 aliphatic carbocycles. The fourth-order valence-corrected chi connectivity index (χ4v) is 1.39. The summed E-state index contributed by atoms with van der Waals surface area (Å²) >= 11 is 5.11. The van der Waals surface area contributed by atoms with Crippen LogP contribution in [0.15, 0.2) is 21.7 Å². The summed E-state index contributed by atoms with van der Waals surface area (Å²) in [5, 5.41) is 14.8. The van der Waals surface area contributed by atoms with Gasteiger partial charge in [-0.25, -0.2) is 0 Å². The van der Waals surface area contributed by atoms with E-state index in [2.05, 4.69) is 17.5 Å². The van der Waals surface area contributed by atoms with Crippen molar-refractivity contribution < 1.29 is 9.34 Å². The van der Waals surface area contributed by atoms with Crippen molar-refractivity contribution in [2.45, 2.75) is 19.8 Å². The van der Waals surface area contributed by atoms with Gasteiger partial charge in [0.25, 0.3) is 0 Å². The van der Waals surface area contributed by atoms with Crippen LogP contribution in [0.2, 0.25) is 0 Å². The van der Waals surface area contributed by atoms with Gasteiger partial charge in [0.05, 0.1) is 12.3 Å². The summed E-state index contributed by atoms with van der Waals surface area (Å²) in [6.45, 7) is 2.95. The van der Waals surface area contributed by atoms with Gasteiger partial charge in [-0.3, -0.25) is 15.5 Å². The number of rotatable bonds is 6. The molecule has 8 heteroatoms. The van der Waals surface area contributed by atoms with Crippen LogP contribution in [0.3, 0.4) is 0 Å². The lowest BCUT2D eigenvalue weighted by atomic mass is 10.3. The van der Waals surface area contributed by atoms with Gasteiger partial charge in [-0.05, 0) is 24.7 Å². The lowest BCUT2D eigenvalue weighted by Crippen LogP contribution is -2.34. The van der Waals surface area contributed by atoms with Gasteiger partial charge in [0.15, 0.2) is 10.9 Å². The van der Waals surface area contributed by atoms with Gasteiger partial charge in [0.2, 0.25) is 0 Å². The smallest absolute Gasteiger partial charge is 0.400 e. The van der Waals surface area contributed by atoms with E-state index >= 15 is 0 Å². The topological polar surface area (TPSA) is 83.9 Å². The molecule has 0 spiro atoms. The standard InChI is InChI=1S/C11H16N4O3S/c1-3-4-7-14(2)11(19)13-12-8-9-5-6-10(18-9)15(16)17/h5-6,8H,3-4,7H2,1-2H3,(H,13,19)/b12-8-. The van der Waals surface area contributed by atoms with Gasteiger partial charge in [-0.15, -0.1) is 0 Å². The van der Waals surface area contributed by atoms with E-state index in [1.165, 1.54) is 18.3 Å². The first-order valence-corrected chi connectivity index (χ1v) is 6.23. The number of thiocarbonyl (C=S) groups is 1. The summed E-state index contributed by atoms with van der Waals surface area (Å²) in [7, 11) is 1.87. The molecule has 1 aromatic rings. The van der Waals surface area contributed by atoms with E-state index in [4.69, 9.17) is 16.6 Å². The highest BCUT2D eigenvalue weighted by Gasteiger charge is 2.10. The minimum Gasteiger partial charge on any atom is -0.400 e. The van der Waals surface area contributed by atoms with Crippen LogP contribution in [-0.4, -0.2) is 34.7 Å². The predicted molar refractivity (Wildman–Crippen MR) is 76.2 cm³/mol. The average Bonchev–Trinajstić information content (AvgIpc) is 2.84. The highest BCUT2D eigenvalue weighted by Crippen LogP contribution is 2.13. The molecule has 1 N–H and O–H groups in total. The van der Waals surface area contributed by atoms with E-state index in [0.717, 1.165) is 19.4 Å². The molecule has 0 amide bonds. The minimum absolute atomic E-state index is 0.290. The lowest BCUT2D eigenvalue weighted by Gasteiger charge is -2.18. The molecule has 0 bridgehead atoms. The Morgan fingerprint density at radius 3 is 3.00 bits per heavy atom. The van der Waals surface area contributed by atoms with Gasteiger partial charge in [-0.2, -0.15) is 5.10 Å². The van der Waals surface area contributed by atoms with E-state index in [9.17, 15) is 10.1 Å². The molecule has 0 atom stereocenters. The first kappa shape index (κ1) is 15.1. The summed E-state index contributed by atoms with van der Waals surface area (Å²) < 4.78 is 4.91. The minimum atomic E-state index is -0.603. The third-order valence-electron chi connectivity index (χ3n) is 2.34. The lowest BCUT2D eigenvalue weighted by molar-refractivity contribution is -0.402. The quantitative estimate of drug-likeness (QED) is 0.373. The summed E-state index contributed by atoms with van der Waals surface area (Å²) in [6.07, 6.45) is 3.48. The fourth-order valence-electron chi connectivity index (χ4n) is 1.24. The Kier molecular flexibility index (Phi) is 5.94. The number of hydrazone groups is 1. The number of nitrogens with zero attached hydrogens (tertiary/aromatic N) is 3. The number of unbranched alkanes of at least 4 members (excludes halogenated alkanes) is 1. The largest absolute Gasteiger partial charge is 0.433 e. The molecular formula is C11H16N4O3S. The molecule has 7 nitrogen and oxygen atoms in total. The molecule has 19 heavy (non-hydrogen) atoms. The SMILES string of the molecule is CCCCN(C)C(=S)N/N=C\c1ccc([N+](=O)[O-])o1. The Morgan fingerprint density at radius 2 is 2.42 bits per heavy atom. The summed E-state index contributed by atoms with van der Waals surface area (Å²) in [5.74, 6) is -0.0256. The fraction of sp³-hybridized carbons (Fsp3) is 0.455. The Balaban J connectivity index is 2.44. The van der Waals surface area contributed by atoms with E-state index < -0.39 is 4.92 Å². The van der Waals surface area contributed by atoms with Gasteiger partial charge in [0, 0.05) is 13.6 Å². The van der Waals surface area contributed by atoms with Crippen molar-refractivity contribution in [2.75, 3.05) is 13.6 Å². The molecule has 1 rings (SSSR count). The second kappa shape index (κ2) is 7.47. The van der Waals surface area contributed by atoms with E-state index in [1.807, 2.05) is 11.9 Å². The first-order valence-electron chi connectivity index (χ1n) is 5.83. The summed E-state index contributed by atoms with van der Waals surface area (Å²) in [4.78, 5) is 11.7. The number of nitro groups is 1. The van der Waals surface area contributed by atoms with Crippen molar-refractivity contribution in [1.82, 2.24) is 10.3 Å². The van der Waals surface area contributed by atoms with Crippen LogP contribution in [0.4, 0.5) is 5.88 Å². The second-order valence-corrected chi connectivity index (χ2v) is 4.27. The van der Waals surface area contributed by atoms with Crippen molar-refractivity contribution >= 4 is 29.4 Å². The number of furan rings is 1. The van der Waals surface area contributed by atoms with Crippen molar-refractivity contribution in [2.24, 2.45) is 5.10 Å². The zero-order valence-electron chi connectivity index (χ0n) is 10.8. The third kappa shape index (κ3) is 5.04. The molecular weight excluding hydrogens is 268 g/mol. The zero-order valence-corrected chi connectivity index (χ0v) is 11.6. The van der Waals surface area contributed by atoms with Gasteiger partial charge in [-0.1, -0.05) is 13.3 Å². The monoisotopic (exact) mass is 284 g/mol. The Hall–Kier alpha value is -1.96. The molecule has 0 aromatic carbocycles. The maximum atomic E-state index is 10.4. The average molecular weight is 284 g/mol. The van der Waals surface area contributed by atoms with Crippen LogP contribution in [0, 0.1) is 10.1 Å². The van der Waals surface area contributed by atoms with Crippen LogP contribution in [-0.2, 0) is 0 Å². The Labute approximate surface area is 116 Å².